The van der Waals surface area contributed by atoms with E-state index in [-0.39, 0.29) is 12.0 Å². The van der Waals surface area contributed by atoms with Crippen molar-refractivity contribution in [3.05, 3.63) is 35.4 Å². The van der Waals surface area contributed by atoms with Gasteiger partial charge < -0.3 is 5.73 Å². The molecule has 0 aliphatic heterocycles. The van der Waals surface area contributed by atoms with Gasteiger partial charge in [0.2, 0.25) is 0 Å². The van der Waals surface area contributed by atoms with E-state index in [1.54, 1.807) is 0 Å². The average molecular weight is 225 g/mol. The van der Waals surface area contributed by atoms with Crippen molar-refractivity contribution in [3.63, 3.8) is 0 Å². The molecule has 0 spiro atoms. The van der Waals surface area contributed by atoms with Gasteiger partial charge in [0.05, 0.1) is 0 Å². The van der Waals surface area contributed by atoms with Crippen LogP contribution in [0.3, 0.4) is 0 Å². The van der Waals surface area contributed by atoms with Gasteiger partial charge in [0.1, 0.15) is 11.6 Å². The molecule has 2 rings (SSSR count). The molecule has 3 heteroatoms. The van der Waals surface area contributed by atoms with Gasteiger partial charge in [0.25, 0.3) is 0 Å². The van der Waals surface area contributed by atoms with Crippen molar-refractivity contribution in [3.8, 4) is 0 Å². The van der Waals surface area contributed by atoms with Gasteiger partial charge in [-0.3, -0.25) is 0 Å². The molecule has 2 N–H and O–H groups in total. The third kappa shape index (κ3) is 2.79. The predicted octanol–water partition coefficient (Wildman–Crippen LogP) is 3.34. The molecule has 88 valence electrons. The van der Waals surface area contributed by atoms with Crippen LogP contribution in [0.2, 0.25) is 0 Å². The van der Waals surface area contributed by atoms with Gasteiger partial charge in [0.15, 0.2) is 0 Å². The van der Waals surface area contributed by atoms with Gasteiger partial charge in [0, 0.05) is 12.1 Å². The van der Waals surface area contributed by atoms with Crippen LogP contribution < -0.4 is 5.73 Å². The van der Waals surface area contributed by atoms with Crippen LogP contribution in [0.15, 0.2) is 18.2 Å². The Morgan fingerprint density at radius 3 is 2.31 bits per heavy atom. The van der Waals surface area contributed by atoms with Crippen LogP contribution in [0.25, 0.3) is 0 Å². The SMILES string of the molecule is NC1CCCCC(c2cc(F)cc(F)c2)C1. The molecule has 1 aliphatic carbocycles. The first-order valence-corrected chi connectivity index (χ1v) is 5.87. The second kappa shape index (κ2) is 4.91. The predicted molar refractivity (Wildman–Crippen MR) is 60.2 cm³/mol. The highest BCUT2D eigenvalue weighted by molar-refractivity contribution is 5.22. The lowest BCUT2D eigenvalue weighted by atomic mass is 9.90. The zero-order chi connectivity index (χ0) is 11.5. The summed E-state index contributed by atoms with van der Waals surface area (Å²) in [6.07, 6.45) is 5.06. The summed E-state index contributed by atoms with van der Waals surface area (Å²) in [4.78, 5) is 0. The summed E-state index contributed by atoms with van der Waals surface area (Å²) < 4.78 is 26.2. The zero-order valence-electron chi connectivity index (χ0n) is 9.26. The van der Waals surface area contributed by atoms with Crippen molar-refractivity contribution in [2.24, 2.45) is 5.73 Å². The van der Waals surface area contributed by atoms with Gasteiger partial charge in [-0.1, -0.05) is 12.8 Å². The van der Waals surface area contributed by atoms with E-state index in [0.717, 1.165) is 43.7 Å². The van der Waals surface area contributed by atoms with E-state index in [9.17, 15) is 8.78 Å². The molecule has 0 bridgehead atoms. The fraction of sp³-hybridized carbons (Fsp3) is 0.538. The van der Waals surface area contributed by atoms with Crippen LogP contribution in [0.5, 0.6) is 0 Å². The van der Waals surface area contributed by atoms with E-state index in [2.05, 4.69) is 0 Å². The molecule has 2 unspecified atom stereocenters. The Hall–Kier alpha value is -0.960. The normalized spacial score (nSPS) is 26.4. The maximum absolute atomic E-state index is 13.1. The highest BCUT2D eigenvalue weighted by Crippen LogP contribution is 2.31. The van der Waals surface area contributed by atoms with E-state index >= 15 is 0 Å². The number of hydrogen-bond acceptors (Lipinski definition) is 1. The average Bonchev–Trinajstić information content (AvgIpc) is 2.41. The highest BCUT2D eigenvalue weighted by Gasteiger charge is 2.20. The Kier molecular flexibility index (Phi) is 3.54. The number of nitrogens with two attached hydrogens (primary N) is 1. The summed E-state index contributed by atoms with van der Waals surface area (Å²) in [6.45, 7) is 0. The van der Waals surface area contributed by atoms with Crippen molar-refractivity contribution in [2.45, 2.75) is 44.1 Å². The van der Waals surface area contributed by atoms with Crippen LogP contribution in [-0.2, 0) is 0 Å². The Bertz CT molecular complexity index is 345. The largest absolute Gasteiger partial charge is 0.328 e. The fourth-order valence-electron chi connectivity index (χ4n) is 2.51. The van der Waals surface area contributed by atoms with Gasteiger partial charge in [-0.15, -0.1) is 0 Å². The summed E-state index contributed by atoms with van der Waals surface area (Å²) >= 11 is 0. The van der Waals surface area contributed by atoms with Crippen molar-refractivity contribution in [2.75, 3.05) is 0 Å². The molecule has 1 aromatic rings. The van der Waals surface area contributed by atoms with Gasteiger partial charge in [-0.25, -0.2) is 8.78 Å². The summed E-state index contributed by atoms with van der Waals surface area (Å²) in [5.74, 6) is -0.775. The van der Waals surface area contributed by atoms with E-state index in [0.29, 0.717) is 0 Å². The Morgan fingerprint density at radius 2 is 1.62 bits per heavy atom. The highest BCUT2D eigenvalue weighted by atomic mass is 19.1. The molecule has 1 saturated carbocycles. The maximum Gasteiger partial charge on any atom is 0.126 e. The van der Waals surface area contributed by atoms with Crippen LogP contribution in [0, 0.1) is 11.6 Å². The Morgan fingerprint density at radius 1 is 1.00 bits per heavy atom. The molecule has 1 nitrogen and oxygen atoms in total. The summed E-state index contributed by atoms with van der Waals surface area (Å²) in [6, 6.07) is 3.95. The van der Waals surface area contributed by atoms with Crippen molar-refractivity contribution >= 4 is 0 Å². The molecule has 2 atom stereocenters. The quantitative estimate of drug-likeness (QED) is 0.729. The molecule has 0 heterocycles. The third-order valence-corrected chi connectivity index (χ3v) is 3.32. The number of hydrogen-bond donors (Lipinski definition) is 1. The second-order valence-corrected chi connectivity index (χ2v) is 4.68. The molecular weight excluding hydrogens is 208 g/mol. The monoisotopic (exact) mass is 225 g/mol. The molecule has 0 saturated heterocycles. The lowest BCUT2D eigenvalue weighted by molar-refractivity contribution is 0.523. The van der Waals surface area contributed by atoms with Crippen LogP contribution >= 0.6 is 0 Å². The molecule has 0 amide bonds. The second-order valence-electron chi connectivity index (χ2n) is 4.68. The first-order valence-electron chi connectivity index (χ1n) is 5.87. The minimum Gasteiger partial charge on any atom is -0.328 e. The number of benzene rings is 1. The molecule has 1 aromatic carbocycles. The molecule has 16 heavy (non-hydrogen) atoms. The first kappa shape index (κ1) is 11.5. The van der Waals surface area contributed by atoms with Crippen molar-refractivity contribution < 1.29 is 8.78 Å². The Labute approximate surface area is 94.7 Å². The molecular formula is C13H17F2N. The van der Waals surface area contributed by atoms with E-state index in [1.165, 1.54) is 12.1 Å². The van der Waals surface area contributed by atoms with E-state index in [1.807, 2.05) is 0 Å². The lowest BCUT2D eigenvalue weighted by Crippen LogP contribution is -2.20. The summed E-state index contributed by atoms with van der Waals surface area (Å²) in [5, 5.41) is 0. The van der Waals surface area contributed by atoms with Gasteiger partial charge in [-0.05, 0) is 42.9 Å². The van der Waals surface area contributed by atoms with Crippen molar-refractivity contribution in [1.29, 1.82) is 0 Å². The minimum atomic E-state index is -0.493. The maximum atomic E-state index is 13.1. The van der Waals surface area contributed by atoms with Gasteiger partial charge >= 0.3 is 0 Å². The standard InChI is InChI=1S/C13H17F2N/c14-11-5-10(6-12(15)8-11)9-3-1-2-4-13(16)7-9/h5-6,8-9,13H,1-4,7,16H2. The first-order chi connectivity index (χ1) is 7.65. The van der Waals surface area contributed by atoms with Crippen LogP contribution in [0.1, 0.15) is 43.6 Å². The minimum absolute atomic E-state index is 0.166. The topological polar surface area (TPSA) is 26.0 Å². The lowest BCUT2D eigenvalue weighted by Gasteiger charge is -2.17. The van der Waals surface area contributed by atoms with Gasteiger partial charge in [-0.2, -0.15) is 0 Å². The van der Waals surface area contributed by atoms with E-state index < -0.39 is 11.6 Å². The molecule has 0 radical (unpaired) electrons. The Balaban J connectivity index is 2.21. The summed E-state index contributed by atoms with van der Waals surface area (Å²) in [7, 11) is 0. The fourth-order valence-corrected chi connectivity index (χ4v) is 2.51. The van der Waals surface area contributed by atoms with Crippen LogP contribution in [-0.4, -0.2) is 6.04 Å². The van der Waals surface area contributed by atoms with Crippen LogP contribution in [0.4, 0.5) is 8.78 Å². The molecule has 1 aliphatic rings. The summed E-state index contributed by atoms with van der Waals surface area (Å²) in [5.41, 5.74) is 6.71. The zero-order valence-corrected chi connectivity index (χ0v) is 9.26. The van der Waals surface area contributed by atoms with E-state index in [4.69, 9.17) is 5.73 Å². The number of rotatable bonds is 1. The third-order valence-electron chi connectivity index (χ3n) is 3.32. The smallest absolute Gasteiger partial charge is 0.126 e. The van der Waals surface area contributed by atoms with Crippen molar-refractivity contribution in [1.82, 2.24) is 0 Å². The molecule has 1 fully saturated rings. The number of halogens is 2. The molecule has 0 aromatic heterocycles.